The summed E-state index contributed by atoms with van der Waals surface area (Å²) in [6, 6.07) is 13.5. The lowest BCUT2D eigenvalue weighted by Gasteiger charge is -2.07. The highest BCUT2D eigenvalue weighted by Crippen LogP contribution is 2.23. The van der Waals surface area contributed by atoms with Crippen LogP contribution in [0.4, 0.5) is 5.69 Å². The van der Waals surface area contributed by atoms with Crippen LogP contribution in [-0.4, -0.2) is 19.0 Å². The minimum atomic E-state index is -0.0273. The molecular weight excluding hydrogens is 284 g/mol. The van der Waals surface area contributed by atoms with Gasteiger partial charge in [0.2, 0.25) is 0 Å². The van der Waals surface area contributed by atoms with Crippen molar-refractivity contribution in [3.63, 3.8) is 0 Å². The van der Waals surface area contributed by atoms with E-state index in [1.54, 1.807) is 0 Å². The second-order valence-electron chi connectivity index (χ2n) is 5.18. The van der Waals surface area contributed by atoms with Crippen LogP contribution < -0.4 is 10.6 Å². The lowest BCUT2D eigenvalue weighted by atomic mass is 10.1. The van der Waals surface area contributed by atoms with Crippen molar-refractivity contribution < 1.29 is 4.79 Å². The van der Waals surface area contributed by atoms with Gasteiger partial charge in [0, 0.05) is 29.4 Å². The van der Waals surface area contributed by atoms with Crippen LogP contribution in [0.3, 0.4) is 0 Å². The minimum absolute atomic E-state index is 0.0273. The van der Waals surface area contributed by atoms with E-state index in [9.17, 15) is 4.79 Å². The summed E-state index contributed by atoms with van der Waals surface area (Å²) in [5, 5.41) is 6.97. The predicted molar refractivity (Wildman–Crippen MR) is 86.1 cm³/mol. The second kappa shape index (κ2) is 6.19. The first kappa shape index (κ1) is 14.0. The molecule has 2 N–H and O–H groups in total. The van der Waals surface area contributed by atoms with Crippen LogP contribution in [0.5, 0.6) is 0 Å². The van der Waals surface area contributed by atoms with E-state index in [1.807, 2.05) is 42.5 Å². The summed E-state index contributed by atoms with van der Waals surface area (Å²) in [6.45, 7) is 1.57. The van der Waals surface area contributed by atoms with Crippen molar-refractivity contribution in [3.8, 4) is 0 Å². The number of hydrogen-bond donors (Lipinski definition) is 2. The zero-order chi connectivity index (χ0) is 14.7. The zero-order valence-electron chi connectivity index (χ0n) is 11.7. The maximum atomic E-state index is 12.1. The van der Waals surface area contributed by atoms with Crippen LogP contribution in [0.2, 0.25) is 5.02 Å². The molecule has 2 aromatic rings. The van der Waals surface area contributed by atoms with Crippen molar-refractivity contribution >= 4 is 23.2 Å². The third-order valence-electron chi connectivity index (χ3n) is 3.69. The summed E-state index contributed by atoms with van der Waals surface area (Å²) in [6.07, 6.45) is 1.83. The molecule has 21 heavy (non-hydrogen) atoms. The van der Waals surface area contributed by atoms with Crippen molar-refractivity contribution in [3.05, 3.63) is 64.2 Å². The van der Waals surface area contributed by atoms with Crippen molar-refractivity contribution in [2.24, 2.45) is 0 Å². The van der Waals surface area contributed by atoms with Crippen LogP contribution in [0.25, 0.3) is 0 Å². The maximum absolute atomic E-state index is 12.1. The Morgan fingerprint density at radius 1 is 1.19 bits per heavy atom. The topological polar surface area (TPSA) is 41.1 Å². The van der Waals surface area contributed by atoms with Gasteiger partial charge in [0.25, 0.3) is 5.91 Å². The first-order valence-electron chi connectivity index (χ1n) is 7.12. The standard InChI is InChI=1S/C17H17ClN2O/c18-15-5-1-12(2-6-15)7-9-20-17(21)14-4-3-13-8-10-19-16(13)11-14/h1-6,11,19H,7-10H2,(H,20,21). The lowest BCUT2D eigenvalue weighted by Crippen LogP contribution is -2.25. The van der Waals surface area contributed by atoms with E-state index < -0.39 is 0 Å². The average Bonchev–Trinajstić information content (AvgIpc) is 2.96. The summed E-state index contributed by atoms with van der Waals surface area (Å²) in [7, 11) is 0. The molecular formula is C17H17ClN2O. The number of rotatable bonds is 4. The minimum Gasteiger partial charge on any atom is -0.384 e. The summed E-state index contributed by atoms with van der Waals surface area (Å²) in [4.78, 5) is 12.1. The summed E-state index contributed by atoms with van der Waals surface area (Å²) >= 11 is 5.85. The molecule has 3 rings (SSSR count). The maximum Gasteiger partial charge on any atom is 0.251 e. The quantitative estimate of drug-likeness (QED) is 0.910. The Balaban J connectivity index is 1.55. The van der Waals surface area contributed by atoms with E-state index in [1.165, 1.54) is 5.56 Å². The number of carbonyl (C=O) groups is 1. The Kier molecular flexibility index (Phi) is 4.11. The number of hydrogen-bond acceptors (Lipinski definition) is 2. The van der Waals surface area contributed by atoms with Gasteiger partial charge in [-0.15, -0.1) is 0 Å². The van der Waals surface area contributed by atoms with Gasteiger partial charge in [-0.3, -0.25) is 4.79 Å². The molecule has 0 unspecified atom stereocenters. The van der Waals surface area contributed by atoms with Gasteiger partial charge >= 0.3 is 0 Å². The number of nitrogens with one attached hydrogen (secondary N) is 2. The van der Waals surface area contributed by atoms with Gasteiger partial charge in [-0.25, -0.2) is 0 Å². The molecule has 3 nitrogen and oxygen atoms in total. The fourth-order valence-electron chi connectivity index (χ4n) is 2.51. The highest BCUT2D eigenvalue weighted by molar-refractivity contribution is 6.30. The second-order valence-corrected chi connectivity index (χ2v) is 5.62. The lowest BCUT2D eigenvalue weighted by molar-refractivity contribution is 0.0954. The van der Waals surface area contributed by atoms with Gasteiger partial charge in [0.05, 0.1) is 0 Å². The van der Waals surface area contributed by atoms with Crippen molar-refractivity contribution in [2.75, 3.05) is 18.4 Å². The molecule has 0 spiro atoms. The van der Waals surface area contributed by atoms with Gasteiger partial charge in [0.1, 0.15) is 0 Å². The summed E-state index contributed by atoms with van der Waals surface area (Å²) in [5.74, 6) is -0.0273. The van der Waals surface area contributed by atoms with Crippen molar-refractivity contribution in [1.29, 1.82) is 0 Å². The normalized spacial score (nSPS) is 12.6. The zero-order valence-corrected chi connectivity index (χ0v) is 12.4. The first-order chi connectivity index (χ1) is 10.2. The van der Waals surface area contributed by atoms with E-state index >= 15 is 0 Å². The molecule has 108 valence electrons. The van der Waals surface area contributed by atoms with Gasteiger partial charge < -0.3 is 10.6 Å². The number of fused-ring (bicyclic) bond motifs is 1. The van der Waals surface area contributed by atoms with E-state index in [0.717, 1.165) is 35.7 Å². The van der Waals surface area contributed by atoms with Crippen LogP contribution in [0, 0.1) is 0 Å². The molecule has 2 aromatic carbocycles. The highest BCUT2D eigenvalue weighted by atomic mass is 35.5. The fourth-order valence-corrected chi connectivity index (χ4v) is 2.63. The number of halogens is 1. The fraction of sp³-hybridized carbons (Fsp3) is 0.235. The summed E-state index contributed by atoms with van der Waals surface area (Å²) in [5.41, 5.74) is 4.24. The van der Waals surface area contributed by atoms with Crippen LogP contribution in [0.15, 0.2) is 42.5 Å². The van der Waals surface area contributed by atoms with Crippen molar-refractivity contribution in [2.45, 2.75) is 12.8 Å². The molecule has 1 aliphatic heterocycles. The Morgan fingerprint density at radius 3 is 2.81 bits per heavy atom. The predicted octanol–water partition coefficient (Wildman–Crippen LogP) is 3.28. The van der Waals surface area contributed by atoms with Crippen LogP contribution >= 0.6 is 11.6 Å². The third kappa shape index (κ3) is 3.37. The van der Waals surface area contributed by atoms with Gasteiger partial charge in [0.15, 0.2) is 0 Å². The smallest absolute Gasteiger partial charge is 0.251 e. The molecule has 0 aliphatic carbocycles. The van der Waals surface area contributed by atoms with E-state index in [0.29, 0.717) is 12.1 Å². The molecule has 0 bridgehead atoms. The largest absolute Gasteiger partial charge is 0.384 e. The molecule has 0 radical (unpaired) electrons. The van der Waals surface area contributed by atoms with Gasteiger partial charge in [-0.2, -0.15) is 0 Å². The Hall–Kier alpha value is -2.00. The molecule has 4 heteroatoms. The number of benzene rings is 2. The SMILES string of the molecule is O=C(NCCc1ccc(Cl)cc1)c1ccc2c(c1)NCC2. The van der Waals surface area contributed by atoms with Crippen molar-refractivity contribution in [1.82, 2.24) is 5.32 Å². The Morgan fingerprint density at radius 2 is 2.00 bits per heavy atom. The molecule has 0 fully saturated rings. The van der Waals surface area contributed by atoms with E-state index in [-0.39, 0.29) is 5.91 Å². The van der Waals surface area contributed by atoms with E-state index in [2.05, 4.69) is 10.6 Å². The molecule has 0 saturated heterocycles. The first-order valence-corrected chi connectivity index (χ1v) is 7.49. The van der Waals surface area contributed by atoms with Gasteiger partial charge in [-0.05, 0) is 48.2 Å². The van der Waals surface area contributed by atoms with E-state index in [4.69, 9.17) is 11.6 Å². The molecule has 0 aromatic heterocycles. The van der Waals surface area contributed by atoms with Gasteiger partial charge in [-0.1, -0.05) is 29.8 Å². The molecule has 1 aliphatic rings. The molecule has 0 saturated carbocycles. The van der Waals surface area contributed by atoms with Crippen LogP contribution in [0.1, 0.15) is 21.5 Å². The molecule has 1 amide bonds. The number of anilines is 1. The molecule has 1 heterocycles. The van der Waals surface area contributed by atoms with Crippen LogP contribution in [-0.2, 0) is 12.8 Å². The molecule has 0 atom stereocenters. The number of amides is 1. The monoisotopic (exact) mass is 300 g/mol. The Labute approximate surface area is 129 Å². The third-order valence-corrected chi connectivity index (χ3v) is 3.95. The highest BCUT2D eigenvalue weighted by Gasteiger charge is 2.13. The Bertz CT molecular complexity index is 652. The number of carbonyl (C=O) groups excluding carboxylic acids is 1. The summed E-state index contributed by atoms with van der Waals surface area (Å²) < 4.78 is 0. The average molecular weight is 301 g/mol.